The molecule has 0 unspecified atom stereocenters. The maximum Gasteiger partial charge on any atom is 0.200 e. The molecule has 4 nitrogen and oxygen atoms in total. The first-order valence-electron chi connectivity index (χ1n) is 7.82. The van der Waals surface area contributed by atoms with Crippen LogP contribution in [0.4, 0.5) is 0 Å². The molecule has 1 aromatic rings. The number of halogens is 1. The third-order valence-corrected chi connectivity index (χ3v) is 3.60. The Morgan fingerprint density at radius 1 is 0.955 bits per heavy atom. The van der Waals surface area contributed by atoms with Crippen LogP contribution in [-0.2, 0) is 6.54 Å². The van der Waals surface area contributed by atoms with Gasteiger partial charge in [-0.15, -0.1) is 12.4 Å². The van der Waals surface area contributed by atoms with Gasteiger partial charge in [0.15, 0.2) is 11.5 Å². The number of aromatic hydroxyl groups is 1. The minimum absolute atomic E-state index is 0. The SMILES string of the molecule is CCCCN(CCCC)Cc1cc(OC)c(O)c(OC)c1.Cl. The van der Waals surface area contributed by atoms with Gasteiger partial charge in [0.2, 0.25) is 5.75 Å². The molecule has 0 aromatic heterocycles. The third kappa shape index (κ3) is 6.32. The zero-order valence-corrected chi connectivity index (χ0v) is 15.0. The topological polar surface area (TPSA) is 41.9 Å². The van der Waals surface area contributed by atoms with E-state index in [0.29, 0.717) is 11.5 Å². The standard InChI is InChI=1S/C17H29NO3.ClH/c1-5-7-9-18(10-8-6-2)13-14-11-15(20-3)17(19)16(12-14)21-4;/h11-12,19H,5-10,13H2,1-4H3;1H. The molecule has 1 rings (SSSR count). The number of unbranched alkanes of at least 4 members (excludes halogenated alkanes) is 2. The normalized spacial score (nSPS) is 10.4. The minimum atomic E-state index is 0. The van der Waals surface area contributed by atoms with Crippen molar-refractivity contribution in [3.63, 3.8) is 0 Å². The van der Waals surface area contributed by atoms with Crippen LogP contribution in [0.3, 0.4) is 0 Å². The lowest BCUT2D eigenvalue weighted by Gasteiger charge is -2.22. The minimum Gasteiger partial charge on any atom is -0.502 e. The first kappa shape index (κ1) is 20.9. The van der Waals surface area contributed by atoms with Gasteiger partial charge in [-0.2, -0.15) is 0 Å². The number of rotatable bonds is 10. The van der Waals surface area contributed by atoms with E-state index in [-0.39, 0.29) is 18.2 Å². The van der Waals surface area contributed by atoms with Crippen molar-refractivity contribution in [3.05, 3.63) is 17.7 Å². The molecule has 0 aliphatic rings. The first-order chi connectivity index (χ1) is 10.2. The fourth-order valence-corrected chi connectivity index (χ4v) is 2.33. The quantitative estimate of drug-likeness (QED) is 0.696. The Morgan fingerprint density at radius 2 is 1.41 bits per heavy atom. The Bertz CT molecular complexity index is 393. The number of hydrogen-bond acceptors (Lipinski definition) is 4. The lowest BCUT2D eigenvalue weighted by atomic mass is 10.1. The van der Waals surface area contributed by atoms with Gasteiger partial charge in [0.1, 0.15) is 0 Å². The van der Waals surface area contributed by atoms with Gasteiger partial charge in [-0.1, -0.05) is 26.7 Å². The van der Waals surface area contributed by atoms with E-state index in [4.69, 9.17) is 9.47 Å². The van der Waals surface area contributed by atoms with E-state index in [1.54, 1.807) is 14.2 Å². The van der Waals surface area contributed by atoms with E-state index in [1.165, 1.54) is 25.7 Å². The van der Waals surface area contributed by atoms with Gasteiger partial charge in [0, 0.05) is 6.54 Å². The molecular weight excluding hydrogens is 302 g/mol. The Hall–Kier alpha value is -1.13. The highest BCUT2D eigenvalue weighted by atomic mass is 35.5. The molecule has 1 aromatic carbocycles. The predicted octanol–water partition coefficient (Wildman–Crippen LogP) is 4.23. The Morgan fingerprint density at radius 3 is 1.77 bits per heavy atom. The number of nitrogens with zero attached hydrogens (tertiary/aromatic N) is 1. The van der Waals surface area contributed by atoms with Crippen molar-refractivity contribution in [1.82, 2.24) is 4.90 Å². The second-order valence-electron chi connectivity index (χ2n) is 5.33. The maximum absolute atomic E-state index is 9.97. The zero-order chi connectivity index (χ0) is 15.7. The summed E-state index contributed by atoms with van der Waals surface area (Å²) in [7, 11) is 3.12. The molecule has 5 heteroatoms. The summed E-state index contributed by atoms with van der Waals surface area (Å²) in [4.78, 5) is 2.46. The predicted molar refractivity (Wildman–Crippen MR) is 93.6 cm³/mol. The molecule has 0 heterocycles. The summed E-state index contributed by atoms with van der Waals surface area (Å²) >= 11 is 0. The largest absolute Gasteiger partial charge is 0.502 e. The monoisotopic (exact) mass is 331 g/mol. The Balaban J connectivity index is 0.00000441. The molecule has 0 radical (unpaired) electrons. The van der Waals surface area contributed by atoms with Crippen LogP contribution in [-0.4, -0.2) is 37.3 Å². The van der Waals surface area contributed by atoms with Gasteiger partial charge in [0.25, 0.3) is 0 Å². The van der Waals surface area contributed by atoms with Crippen LogP contribution in [0.1, 0.15) is 45.1 Å². The summed E-state index contributed by atoms with van der Waals surface area (Å²) in [6.45, 7) is 7.48. The molecule has 0 spiro atoms. The van der Waals surface area contributed by atoms with Crippen LogP contribution in [0.5, 0.6) is 17.2 Å². The van der Waals surface area contributed by atoms with Gasteiger partial charge >= 0.3 is 0 Å². The van der Waals surface area contributed by atoms with E-state index in [2.05, 4.69) is 18.7 Å². The number of methoxy groups -OCH3 is 2. The van der Waals surface area contributed by atoms with Gasteiger partial charge in [-0.05, 0) is 43.6 Å². The third-order valence-electron chi connectivity index (χ3n) is 3.60. The number of hydrogen-bond donors (Lipinski definition) is 1. The summed E-state index contributed by atoms with van der Waals surface area (Å²) in [5.41, 5.74) is 1.11. The molecule has 0 aliphatic carbocycles. The lowest BCUT2D eigenvalue weighted by molar-refractivity contribution is 0.255. The summed E-state index contributed by atoms with van der Waals surface area (Å²) in [5, 5.41) is 9.97. The van der Waals surface area contributed by atoms with Crippen LogP contribution in [0.15, 0.2) is 12.1 Å². The highest BCUT2D eigenvalue weighted by Crippen LogP contribution is 2.37. The van der Waals surface area contributed by atoms with Crippen molar-refractivity contribution >= 4 is 12.4 Å². The lowest BCUT2D eigenvalue weighted by Crippen LogP contribution is -2.25. The van der Waals surface area contributed by atoms with Crippen LogP contribution in [0.25, 0.3) is 0 Å². The van der Waals surface area contributed by atoms with E-state index >= 15 is 0 Å². The van der Waals surface area contributed by atoms with Crippen molar-refractivity contribution < 1.29 is 14.6 Å². The van der Waals surface area contributed by atoms with Crippen molar-refractivity contribution in [2.24, 2.45) is 0 Å². The molecule has 0 saturated carbocycles. The fraction of sp³-hybridized carbons (Fsp3) is 0.647. The van der Waals surface area contributed by atoms with Gasteiger partial charge in [-0.25, -0.2) is 0 Å². The van der Waals surface area contributed by atoms with Crippen molar-refractivity contribution in [2.45, 2.75) is 46.1 Å². The van der Waals surface area contributed by atoms with Gasteiger partial charge < -0.3 is 14.6 Å². The molecule has 22 heavy (non-hydrogen) atoms. The van der Waals surface area contributed by atoms with Crippen molar-refractivity contribution in [1.29, 1.82) is 0 Å². The first-order valence-corrected chi connectivity index (χ1v) is 7.82. The van der Waals surface area contributed by atoms with E-state index < -0.39 is 0 Å². The molecule has 0 saturated heterocycles. The van der Waals surface area contributed by atoms with E-state index in [0.717, 1.165) is 25.2 Å². The number of phenols is 1. The van der Waals surface area contributed by atoms with Crippen LogP contribution in [0, 0.1) is 0 Å². The second kappa shape index (κ2) is 11.4. The average molecular weight is 332 g/mol. The Labute approximate surface area is 140 Å². The Kier molecular flexibility index (Phi) is 10.9. The van der Waals surface area contributed by atoms with E-state index in [9.17, 15) is 5.11 Å². The average Bonchev–Trinajstić information content (AvgIpc) is 2.51. The van der Waals surface area contributed by atoms with Gasteiger partial charge in [0.05, 0.1) is 14.2 Å². The summed E-state index contributed by atoms with van der Waals surface area (Å²) in [5.74, 6) is 1.00. The molecule has 0 bridgehead atoms. The summed E-state index contributed by atoms with van der Waals surface area (Å²) < 4.78 is 10.4. The molecule has 0 atom stereocenters. The molecule has 0 fully saturated rings. The number of phenolic OH excluding ortho intramolecular Hbond substituents is 1. The molecule has 0 aliphatic heterocycles. The summed E-state index contributed by atoms with van der Waals surface area (Å²) in [6.07, 6.45) is 4.81. The number of ether oxygens (including phenoxy) is 2. The highest BCUT2D eigenvalue weighted by molar-refractivity contribution is 5.85. The second-order valence-corrected chi connectivity index (χ2v) is 5.33. The van der Waals surface area contributed by atoms with Crippen LogP contribution in [0.2, 0.25) is 0 Å². The maximum atomic E-state index is 9.97. The molecule has 0 amide bonds. The van der Waals surface area contributed by atoms with E-state index in [1.807, 2.05) is 12.1 Å². The smallest absolute Gasteiger partial charge is 0.200 e. The summed E-state index contributed by atoms with van der Waals surface area (Å²) in [6, 6.07) is 3.78. The fourth-order valence-electron chi connectivity index (χ4n) is 2.33. The van der Waals surface area contributed by atoms with Crippen LogP contribution < -0.4 is 9.47 Å². The van der Waals surface area contributed by atoms with Crippen LogP contribution >= 0.6 is 12.4 Å². The highest BCUT2D eigenvalue weighted by Gasteiger charge is 2.13. The zero-order valence-electron chi connectivity index (χ0n) is 14.2. The van der Waals surface area contributed by atoms with Crippen molar-refractivity contribution in [3.8, 4) is 17.2 Å². The van der Waals surface area contributed by atoms with Gasteiger partial charge in [-0.3, -0.25) is 4.90 Å². The molecular formula is C17H30ClNO3. The molecule has 128 valence electrons. The number of benzene rings is 1. The van der Waals surface area contributed by atoms with Crippen molar-refractivity contribution in [2.75, 3.05) is 27.3 Å². The molecule has 1 N–H and O–H groups in total.